The van der Waals surface area contributed by atoms with Crippen molar-refractivity contribution in [1.82, 2.24) is 5.32 Å². The molecule has 0 amide bonds. The molecule has 0 radical (unpaired) electrons. The topological polar surface area (TPSA) is 32.3 Å². The predicted molar refractivity (Wildman–Crippen MR) is 68.4 cm³/mol. The molecule has 1 aliphatic heterocycles. The van der Waals surface area contributed by atoms with Crippen molar-refractivity contribution >= 4 is 11.8 Å². The van der Waals surface area contributed by atoms with Crippen molar-refractivity contribution < 1.29 is 5.11 Å². The molecule has 90 valence electrons. The smallest absolute Gasteiger partial charge is 0.0746 e. The maximum absolute atomic E-state index is 10.2. The van der Waals surface area contributed by atoms with Gasteiger partial charge in [0.1, 0.15) is 0 Å². The average molecular weight is 231 g/mol. The minimum atomic E-state index is -0.554. The second-order valence-electron chi connectivity index (χ2n) is 5.45. The van der Waals surface area contributed by atoms with Gasteiger partial charge in [0.05, 0.1) is 5.60 Å². The van der Waals surface area contributed by atoms with Crippen molar-refractivity contribution in [3.63, 3.8) is 0 Å². The molecule has 3 heteroatoms. The van der Waals surface area contributed by atoms with E-state index in [1.54, 1.807) is 0 Å². The molecule has 15 heavy (non-hydrogen) atoms. The Labute approximate surface area is 98.2 Å². The first-order chi connectivity index (χ1) is 6.91. The molecule has 0 saturated carbocycles. The minimum Gasteiger partial charge on any atom is -0.389 e. The summed E-state index contributed by atoms with van der Waals surface area (Å²) >= 11 is 2.03. The van der Waals surface area contributed by atoms with Crippen molar-refractivity contribution in [3.05, 3.63) is 0 Å². The largest absolute Gasteiger partial charge is 0.389 e. The lowest BCUT2D eigenvalue weighted by atomic mass is 9.94. The molecule has 0 aromatic carbocycles. The Morgan fingerprint density at radius 2 is 2.20 bits per heavy atom. The maximum Gasteiger partial charge on any atom is 0.0746 e. The average Bonchev–Trinajstić information content (AvgIpc) is 2.45. The predicted octanol–water partition coefficient (Wildman–Crippen LogP) is 2.27. The van der Waals surface area contributed by atoms with Crippen LogP contribution in [0.5, 0.6) is 0 Å². The van der Waals surface area contributed by atoms with E-state index in [-0.39, 0.29) is 0 Å². The van der Waals surface area contributed by atoms with Crippen LogP contribution in [-0.2, 0) is 0 Å². The Kier molecular flexibility index (Phi) is 4.94. The molecule has 1 heterocycles. The molecule has 0 aliphatic carbocycles. The number of hydrogen-bond acceptors (Lipinski definition) is 3. The third-order valence-corrected chi connectivity index (χ3v) is 4.30. The second-order valence-corrected chi connectivity index (χ2v) is 6.93. The van der Waals surface area contributed by atoms with Gasteiger partial charge in [-0.3, -0.25) is 0 Å². The summed E-state index contributed by atoms with van der Waals surface area (Å²) in [6, 6.07) is 0.591. The van der Waals surface area contributed by atoms with Gasteiger partial charge in [-0.05, 0) is 31.4 Å². The highest BCUT2D eigenvalue weighted by molar-refractivity contribution is 8.00. The van der Waals surface area contributed by atoms with Crippen molar-refractivity contribution in [2.24, 2.45) is 5.92 Å². The molecule has 2 N–H and O–H groups in total. The van der Waals surface area contributed by atoms with E-state index in [1.807, 2.05) is 18.7 Å². The van der Waals surface area contributed by atoms with Crippen LogP contribution in [0, 0.1) is 5.92 Å². The van der Waals surface area contributed by atoms with Crippen LogP contribution in [0.2, 0.25) is 0 Å². The Balaban J connectivity index is 2.28. The first-order valence-electron chi connectivity index (χ1n) is 5.98. The molecule has 0 aromatic heterocycles. The quantitative estimate of drug-likeness (QED) is 0.761. The van der Waals surface area contributed by atoms with E-state index < -0.39 is 5.60 Å². The third kappa shape index (κ3) is 4.75. The summed E-state index contributed by atoms with van der Waals surface area (Å²) in [5.41, 5.74) is -0.554. The van der Waals surface area contributed by atoms with Gasteiger partial charge in [-0.1, -0.05) is 20.8 Å². The van der Waals surface area contributed by atoms with Crippen molar-refractivity contribution in [2.75, 3.05) is 12.3 Å². The monoisotopic (exact) mass is 231 g/mol. The van der Waals surface area contributed by atoms with Crippen LogP contribution in [0.4, 0.5) is 0 Å². The second kappa shape index (κ2) is 5.55. The van der Waals surface area contributed by atoms with Gasteiger partial charge < -0.3 is 10.4 Å². The van der Waals surface area contributed by atoms with E-state index >= 15 is 0 Å². The Hall–Kier alpha value is 0.270. The molecular formula is C12H25NOS. The highest BCUT2D eigenvalue weighted by Gasteiger charge is 2.27. The normalized spacial score (nSPS) is 30.8. The highest BCUT2D eigenvalue weighted by atomic mass is 32.2. The van der Waals surface area contributed by atoms with Crippen LogP contribution in [0.25, 0.3) is 0 Å². The summed E-state index contributed by atoms with van der Waals surface area (Å²) in [7, 11) is 0. The lowest BCUT2D eigenvalue weighted by Crippen LogP contribution is -2.45. The fraction of sp³-hybridized carbons (Fsp3) is 1.00. The van der Waals surface area contributed by atoms with Crippen LogP contribution < -0.4 is 5.32 Å². The number of aliphatic hydroxyl groups is 1. The number of thioether (sulfide) groups is 1. The first kappa shape index (κ1) is 13.3. The van der Waals surface area contributed by atoms with Crippen LogP contribution >= 0.6 is 11.8 Å². The van der Waals surface area contributed by atoms with Gasteiger partial charge in [0, 0.05) is 17.8 Å². The molecule has 3 unspecified atom stereocenters. The minimum absolute atomic E-state index is 0.553. The molecule has 0 bridgehead atoms. The van der Waals surface area contributed by atoms with Gasteiger partial charge in [0.25, 0.3) is 0 Å². The van der Waals surface area contributed by atoms with E-state index in [0.29, 0.717) is 17.2 Å². The number of hydrogen-bond donors (Lipinski definition) is 2. The van der Waals surface area contributed by atoms with Crippen molar-refractivity contribution in [3.8, 4) is 0 Å². The zero-order valence-corrected chi connectivity index (χ0v) is 11.2. The summed E-state index contributed by atoms with van der Waals surface area (Å²) in [5.74, 6) is 1.81. The Bertz CT molecular complexity index is 194. The summed E-state index contributed by atoms with van der Waals surface area (Å²) in [6.07, 6.45) is 2.11. The zero-order valence-electron chi connectivity index (χ0n) is 10.4. The number of nitrogens with one attached hydrogen (secondary N) is 1. The Morgan fingerprint density at radius 3 is 2.67 bits per heavy atom. The SMILES string of the molecule is CC(C)CC(C)(O)CNC1CCSC1C. The third-order valence-electron chi connectivity index (χ3n) is 2.97. The molecule has 2 nitrogen and oxygen atoms in total. The summed E-state index contributed by atoms with van der Waals surface area (Å²) in [6.45, 7) is 9.24. The first-order valence-corrected chi connectivity index (χ1v) is 7.03. The molecular weight excluding hydrogens is 206 g/mol. The summed E-state index contributed by atoms with van der Waals surface area (Å²) in [4.78, 5) is 0. The lowest BCUT2D eigenvalue weighted by Gasteiger charge is -2.28. The van der Waals surface area contributed by atoms with Crippen LogP contribution in [-0.4, -0.2) is 34.3 Å². The fourth-order valence-electron chi connectivity index (χ4n) is 2.30. The van der Waals surface area contributed by atoms with Crippen molar-refractivity contribution in [2.45, 2.75) is 57.4 Å². The molecule has 1 aliphatic rings. The highest BCUT2D eigenvalue weighted by Crippen LogP contribution is 2.26. The van der Waals surface area contributed by atoms with Gasteiger partial charge in [-0.15, -0.1) is 0 Å². The fourth-order valence-corrected chi connectivity index (χ4v) is 3.53. The van der Waals surface area contributed by atoms with Crippen LogP contribution in [0.3, 0.4) is 0 Å². The van der Waals surface area contributed by atoms with Gasteiger partial charge in [0.15, 0.2) is 0 Å². The van der Waals surface area contributed by atoms with E-state index in [4.69, 9.17) is 0 Å². The lowest BCUT2D eigenvalue weighted by molar-refractivity contribution is 0.0360. The molecule has 0 spiro atoms. The van der Waals surface area contributed by atoms with E-state index in [2.05, 4.69) is 26.1 Å². The van der Waals surface area contributed by atoms with Gasteiger partial charge in [-0.25, -0.2) is 0 Å². The summed E-state index contributed by atoms with van der Waals surface area (Å²) < 4.78 is 0. The van der Waals surface area contributed by atoms with E-state index in [1.165, 1.54) is 12.2 Å². The van der Waals surface area contributed by atoms with Crippen molar-refractivity contribution in [1.29, 1.82) is 0 Å². The molecule has 0 aromatic rings. The zero-order chi connectivity index (χ0) is 11.5. The summed E-state index contributed by atoms with van der Waals surface area (Å²) in [5, 5.41) is 14.4. The maximum atomic E-state index is 10.2. The van der Waals surface area contributed by atoms with Gasteiger partial charge in [-0.2, -0.15) is 11.8 Å². The van der Waals surface area contributed by atoms with Gasteiger partial charge in [0.2, 0.25) is 0 Å². The molecule has 1 rings (SSSR count). The van der Waals surface area contributed by atoms with Gasteiger partial charge >= 0.3 is 0 Å². The van der Waals surface area contributed by atoms with Crippen LogP contribution in [0.1, 0.15) is 40.5 Å². The standard InChI is InChI=1S/C12H25NOS/c1-9(2)7-12(4,14)8-13-11-5-6-15-10(11)3/h9-11,13-14H,5-8H2,1-4H3. The molecule has 1 saturated heterocycles. The van der Waals surface area contributed by atoms with E-state index in [0.717, 1.165) is 13.0 Å². The van der Waals surface area contributed by atoms with Crippen LogP contribution in [0.15, 0.2) is 0 Å². The van der Waals surface area contributed by atoms with E-state index in [9.17, 15) is 5.11 Å². The molecule has 3 atom stereocenters. The Morgan fingerprint density at radius 1 is 1.53 bits per heavy atom. The number of rotatable bonds is 5. The molecule has 1 fully saturated rings.